The van der Waals surface area contributed by atoms with Crippen molar-refractivity contribution in [2.24, 2.45) is 0 Å². The third kappa shape index (κ3) is 4.71. The number of amides is 4. The molecule has 3 heterocycles. The van der Waals surface area contributed by atoms with E-state index in [0.29, 0.717) is 32.1 Å². The Morgan fingerprint density at radius 2 is 1.75 bits per heavy atom. The average Bonchev–Trinajstić information content (AvgIpc) is 3.10. The van der Waals surface area contributed by atoms with Gasteiger partial charge in [0, 0.05) is 37.9 Å². The molecule has 9 nitrogen and oxygen atoms in total. The summed E-state index contributed by atoms with van der Waals surface area (Å²) in [5.74, 6) is 0.0280. The SMILES string of the molecule is CC(C)(C)c1ccc(-c2ccnc(N3CCN(C(=O)CC4NC(=O)NC4=O)CC3)n2)cc1. The lowest BCUT2D eigenvalue weighted by molar-refractivity contribution is -0.134. The van der Waals surface area contributed by atoms with E-state index < -0.39 is 18.0 Å². The van der Waals surface area contributed by atoms with Gasteiger partial charge in [0.1, 0.15) is 6.04 Å². The number of hydrogen-bond acceptors (Lipinski definition) is 6. The third-order valence-corrected chi connectivity index (χ3v) is 5.84. The van der Waals surface area contributed by atoms with Crippen molar-refractivity contribution >= 4 is 23.8 Å². The molecular formula is C23H28N6O3. The molecule has 9 heteroatoms. The summed E-state index contributed by atoms with van der Waals surface area (Å²) in [6.45, 7) is 8.78. The topological polar surface area (TPSA) is 108 Å². The summed E-state index contributed by atoms with van der Waals surface area (Å²) in [5.41, 5.74) is 3.26. The van der Waals surface area contributed by atoms with Crippen LogP contribution in [0.3, 0.4) is 0 Å². The number of aromatic nitrogens is 2. The smallest absolute Gasteiger partial charge is 0.322 e. The molecule has 2 aliphatic rings. The molecule has 0 spiro atoms. The fourth-order valence-corrected chi connectivity index (χ4v) is 3.86. The van der Waals surface area contributed by atoms with Gasteiger partial charge in [-0.3, -0.25) is 14.9 Å². The second kappa shape index (κ2) is 8.57. The summed E-state index contributed by atoms with van der Waals surface area (Å²) in [4.78, 5) is 48.4. The molecule has 1 unspecified atom stereocenters. The summed E-state index contributed by atoms with van der Waals surface area (Å²) >= 11 is 0. The van der Waals surface area contributed by atoms with Gasteiger partial charge in [-0.2, -0.15) is 0 Å². The van der Waals surface area contributed by atoms with Crippen LogP contribution >= 0.6 is 0 Å². The zero-order valence-electron chi connectivity index (χ0n) is 18.6. The predicted molar refractivity (Wildman–Crippen MR) is 120 cm³/mol. The number of carbonyl (C=O) groups excluding carboxylic acids is 3. The summed E-state index contributed by atoms with van der Waals surface area (Å²) < 4.78 is 0. The minimum absolute atomic E-state index is 0.0336. The Hall–Kier alpha value is -3.49. The Balaban J connectivity index is 1.37. The van der Waals surface area contributed by atoms with Gasteiger partial charge in [-0.1, -0.05) is 45.0 Å². The van der Waals surface area contributed by atoms with Crippen LogP contribution in [-0.2, 0) is 15.0 Å². The molecule has 2 aromatic rings. The molecule has 168 valence electrons. The van der Waals surface area contributed by atoms with Crippen molar-refractivity contribution in [1.29, 1.82) is 0 Å². The lowest BCUT2D eigenvalue weighted by atomic mass is 9.86. The fraction of sp³-hybridized carbons (Fsp3) is 0.435. The molecular weight excluding hydrogens is 408 g/mol. The van der Waals surface area contributed by atoms with Crippen LogP contribution < -0.4 is 15.5 Å². The van der Waals surface area contributed by atoms with E-state index in [1.807, 2.05) is 6.07 Å². The van der Waals surface area contributed by atoms with Crippen LogP contribution in [0.25, 0.3) is 11.3 Å². The Morgan fingerprint density at radius 1 is 1.06 bits per heavy atom. The number of nitrogens with one attached hydrogen (secondary N) is 2. The number of rotatable bonds is 4. The van der Waals surface area contributed by atoms with Crippen molar-refractivity contribution in [3.05, 3.63) is 42.1 Å². The van der Waals surface area contributed by atoms with Crippen molar-refractivity contribution in [2.75, 3.05) is 31.1 Å². The fourth-order valence-electron chi connectivity index (χ4n) is 3.86. The normalized spacial score (nSPS) is 19.0. The zero-order valence-corrected chi connectivity index (χ0v) is 18.6. The first-order valence-electron chi connectivity index (χ1n) is 10.8. The molecule has 1 aromatic heterocycles. The predicted octanol–water partition coefficient (Wildman–Crippen LogP) is 1.69. The van der Waals surface area contributed by atoms with E-state index in [9.17, 15) is 14.4 Å². The van der Waals surface area contributed by atoms with Crippen molar-refractivity contribution in [3.8, 4) is 11.3 Å². The lowest BCUT2D eigenvalue weighted by Crippen LogP contribution is -2.50. The molecule has 0 radical (unpaired) electrons. The molecule has 32 heavy (non-hydrogen) atoms. The van der Waals surface area contributed by atoms with E-state index in [1.54, 1.807) is 11.1 Å². The van der Waals surface area contributed by atoms with Crippen LogP contribution in [0.5, 0.6) is 0 Å². The molecule has 0 aliphatic carbocycles. The molecule has 0 bridgehead atoms. The Bertz CT molecular complexity index is 1020. The number of nitrogens with zero attached hydrogens (tertiary/aromatic N) is 4. The highest BCUT2D eigenvalue weighted by Gasteiger charge is 2.33. The summed E-state index contributed by atoms with van der Waals surface area (Å²) in [7, 11) is 0. The number of hydrogen-bond donors (Lipinski definition) is 2. The first kappa shape index (κ1) is 21.7. The van der Waals surface area contributed by atoms with E-state index in [2.05, 4.69) is 65.6 Å². The molecule has 2 aliphatic heterocycles. The van der Waals surface area contributed by atoms with Gasteiger partial charge in [-0.15, -0.1) is 0 Å². The van der Waals surface area contributed by atoms with Crippen molar-refractivity contribution < 1.29 is 14.4 Å². The molecule has 4 amide bonds. The monoisotopic (exact) mass is 436 g/mol. The highest BCUT2D eigenvalue weighted by molar-refractivity contribution is 6.05. The van der Waals surface area contributed by atoms with Gasteiger partial charge in [0.05, 0.1) is 12.1 Å². The van der Waals surface area contributed by atoms with Gasteiger partial charge in [0.2, 0.25) is 11.9 Å². The molecule has 2 saturated heterocycles. The minimum atomic E-state index is -0.794. The third-order valence-electron chi connectivity index (χ3n) is 5.84. The van der Waals surface area contributed by atoms with Crippen molar-refractivity contribution in [2.45, 2.75) is 38.6 Å². The van der Waals surface area contributed by atoms with Crippen LogP contribution in [0.15, 0.2) is 36.5 Å². The van der Waals surface area contributed by atoms with Crippen LogP contribution in [0.1, 0.15) is 32.8 Å². The van der Waals surface area contributed by atoms with Gasteiger partial charge in [-0.05, 0) is 17.0 Å². The number of urea groups is 1. The van der Waals surface area contributed by atoms with Crippen molar-refractivity contribution in [1.82, 2.24) is 25.5 Å². The molecule has 0 saturated carbocycles. The van der Waals surface area contributed by atoms with Crippen LogP contribution in [-0.4, -0.2) is 64.9 Å². The highest BCUT2D eigenvalue weighted by Crippen LogP contribution is 2.26. The number of benzene rings is 1. The first-order valence-corrected chi connectivity index (χ1v) is 10.8. The quantitative estimate of drug-likeness (QED) is 0.707. The number of imide groups is 1. The largest absolute Gasteiger partial charge is 0.339 e. The van der Waals surface area contributed by atoms with Crippen LogP contribution in [0.2, 0.25) is 0 Å². The van der Waals surface area contributed by atoms with E-state index in [-0.39, 0.29) is 17.7 Å². The maximum absolute atomic E-state index is 12.5. The van der Waals surface area contributed by atoms with Gasteiger partial charge < -0.3 is 15.1 Å². The second-order valence-electron chi connectivity index (χ2n) is 9.16. The average molecular weight is 437 g/mol. The summed E-state index contributed by atoms with van der Waals surface area (Å²) in [6, 6.07) is 8.99. The second-order valence-corrected chi connectivity index (χ2v) is 9.16. The number of anilines is 1. The summed E-state index contributed by atoms with van der Waals surface area (Å²) in [5, 5.41) is 4.61. The van der Waals surface area contributed by atoms with E-state index in [4.69, 9.17) is 4.98 Å². The Morgan fingerprint density at radius 3 is 2.34 bits per heavy atom. The maximum Gasteiger partial charge on any atom is 0.322 e. The van der Waals surface area contributed by atoms with E-state index in [1.165, 1.54) is 5.56 Å². The molecule has 1 aromatic carbocycles. The van der Waals surface area contributed by atoms with Crippen molar-refractivity contribution in [3.63, 3.8) is 0 Å². The van der Waals surface area contributed by atoms with Gasteiger partial charge in [-0.25, -0.2) is 14.8 Å². The van der Waals surface area contributed by atoms with Crippen LogP contribution in [0, 0.1) is 0 Å². The van der Waals surface area contributed by atoms with Gasteiger partial charge >= 0.3 is 6.03 Å². The molecule has 4 rings (SSSR count). The summed E-state index contributed by atoms with van der Waals surface area (Å²) in [6.07, 6.45) is 1.72. The molecule has 1 atom stereocenters. The molecule has 2 N–H and O–H groups in total. The Kier molecular flexibility index (Phi) is 5.82. The van der Waals surface area contributed by atoms with E-state index >= 15 is 0 Å². The zero-order chi connectivity index (χ0) is 22.9. The van der Waals surface area contributed by atoms with E-state index in [0.717, 1.165) is 11.3 Å². The van der Waals surface area contributed by atoms with Gasteiger partial charge in [0.25, 0.3) is 5.91 Å². The lowest BCUT2D eigenvalue weighted by Gasteiger charge is -2.35. The molecule has 2 fully saturated rings. The van der Waals surface area contributed by atoms with Crippen LogP contribution in [0.4, 0.5) is 10.7 Å². The number of carbonyl (C=O) groups is 3. The minimum Gasteiger partial charge on any atom is -0.339 e. The van der Waals surface area contributed by atoms with Gasteiger partial charge in [0.15, 0.2) is 0 Å². The first-order chi connectivity index (χ1) is 15.2. The Labute approximate surface area is 187 Å². The maximum atomic E-state index is 12.5. The standard InChI is InChI=1S/C23H28N6O3/c1-23(2,3)16-6-4-15(5-7-16)17-8-9-24-21(25-17)29-12-10-28(11-13-29)19(30)14-18-20(31)27-22(32)26-18/h4-9,18H,10-14H2,1-3H3,(H2,26,27,31,32). The number of piperazine rings is 1. The highest BCUT2D eigenvalue weighted by atomic mass is 16.2.